The Morgan fingerprint density at radius 1 is 1.40 bits per heavy atom. The van der Waals surface area contributed by atoms with E-state index in [9.17, 15) is 10.1 Å². The van der Waals surface area contributed by atoms with E-state index in [0.29, 0.717) is 5.69 Å². The van der Waals surface area contributed by atoms with Gasteiger partial charge in [-0.2, -0.15) is 0 Å². The zero-order valence-electron chi connectivity index (χ0n) is 10.8. The van der Waals surface area contributed by atoms with Gasteiger partial charge in [-0.15, -0.1) is 0 Å². The molecule has 0 aromatic carbocycles. The molecular formula is C14H14N4O2. The van der Waals surface area contributed by atoms with E-state index in [1.54, 1.807) is 6.20 Å². The molecule has 2 aromatic rings. The van der Waals surface area contributed by atoms with Gasteiger partial charge < -0.3 is 5.73 Å². The fourth-order valence-corrected chi connectivity index (χ4v) is 2.74. The van der Waals surface area contributed by atoms with Crippen LogP contribution in [0.15, 0.2) is 30.5 Å². The van der Waals surface area contributed by atoms with Crippen LogP contribution in [0.1, 0.15) is 35.7 Å². The number of aromatic nitrogens is 2. The van der Waals surface area contributed by atoms with E-state index in [4.69, 9.17) is 5.73 Å². The number of aryl methyl sites for hydroxylation is 1. The quantitative estimate of drug-likeness (QED) is 0.668. The van der Waals surface area contributed by atoms with E-state index in [2.05, 4.69) is 16.0 Å². The van der Waals surface area contributed by atoms with Gasteiger partial charge in [-0.1, -0.05) is 6.07 Å². The SMILES string of the molecule is Nc1cc([N+](=O)[O-])cc(C2CCCc3cccnc32)n1. The standard InChI is InChI=1S/C14H14N4O2/c15-13-8-10(18(19)20)7-12(17-13)11-5-1-3-9-4-2-6-16-14(9)11/h2,4,6-8,11H,1,3,5H2,(H2,15,17). The molecule has 2 aromatic heterocycles. The number of anilines is 1. The van der Waals surface area contributed by atoms with Crippen molar-refractivity contribution >= 4 is 11.5 Å². The van der Waals surface area contributed by atoms with E-state index >= 15 is 0 Å². The molecule has 0 saturated carbocycles. The average Bonchev–Trinajstić information content (AvgIpc) is 2.46. The van der Waals surface area contributed by atoms with Gasteiger partial charge in [0.05, 0.1) is 22.4 Å². The number of pyridine rings is 2. The molecule has 0 radical (unpaired) electrons. The second-order valence-corrected chi connectivity index (χ2v) is 4.92. The van der Waals surface area contributed by atoms with Crippen molar-refractivity contribution in [2.24, 2.45) is 0 Å². The van der Waals surface area contributed by atoms with Crippen molar-refractivity contribution in [1.29, 1.82) is 0 Å². The largest absolute Gasteiger partial charge is 0.383 e. The van der Waals surface area contributed by atoms with Crippen LogP contribution in [0.3, 0.4) is 0 Å². The number of nitrogens with zero attached hydrogens (tertiary/aromatic N) is 3. The summed E-state index contributed by atoms with van der Waals surface area (Å²) in [4.78, 5) is 19.2. The minimum atomic E-state index is -0.441. The molecule has 1 aliphatic carbocycles. The predicted molar refractivity (Wildman–Crippen MR) is 74.3 cm³/mol. The van der Waals surface area contributed by atoms with Crippen LogP contribution in [0, 0.1) is 10.1 Å². The summed E-state index contributed by atoms with van der Waals surface area (Å²) in [6, 6.07) is 6.75. The van der Waals surface area contributed by atoms with Crippen molar-refractivity contribution in [3.63, 3.8) is 0 Å². The van der Waals surface area contributed by atoms with Crippen LogP contribution in [0.25, 0.3) is 0 Å². The molecule has 1 unspecified atom stereocenters. The molecule has 0 saturated heterocycles. The Morgan fingerprint density at radius 3 is 3.05 bits per heavy atom. The summed E-state index contributed by atoms with van der Waals surface area (Å²) in [6.07, 6.45) is 4.65. The summed E-state index contributed by atoms with van der Waals surface area (Å²) in [5.74, 6) is 0.166. The monoisotopic (exact) mass is 270 g/mol. The van der Waals surface area contributed by atoms with Gasteiger partial charge in [-0.3, -0.25) is 15.1 Å². The van der Waals surface area contributed by atoms with Crippen LogP contribution >= 0.6 is 0 Å². The fourth-order valence-electron chi connectivity index (χ4n) is 2.74. The Kier molecular flexibility index (Phi) is 3.06. The molecule has 0 amide bonds. The summed E-state index contributed by atoms with van der Waals surface area (Å²) in [7, 11) is 0. The van der Waals surface area contributed by atoms with Gasteiger partial charge in [-0.25, -0.2) is 4.98 Å². The molecule has 0 bridgehead atoms. The lowest BCUT2D eigenvalue weighted by atomic mass is 9.84. The lowest BCUT2D eigenvalue weighted by Gasteiger charge is -2.23. The minimum absolute atomic E-state index is 0.0119. The van der Waals surface area contributed by atoms with Crippen molar-refractivity contribution < 1.29 is 4.92 Å². The number of hydrogen-bond donors (Lipinski definition) is 1. The van der Waals surface area contributed by atoms with Crippen LogP contribution in [-0.2, 0) is 6.42 Å². The number of rotatable bonds is 2. The second-order valence-electron chi connectivity index (χ2n) is 4.92. The molecule has 0 fully saturated rings. The Labute approximate surface area is 115 Å². The number of nitrogen functional groups attached to an aromatic ring is 1. The minimum Gasteiger partial charge on any atom is -0.383 e. The summed E-state index contributed by atoms with van der Waals surface area (Å²) in [5.41, 5.74) is 8.46. The summed E-state index contributed by atoms with van der Waals surface area (Å²) < 4.78 is 0. The Hall–Kier alpha value is -2.50. The molecule has 2 N–H and O–H groups in total. The van der Waals surface area contributed by atoms with Gasteiger partial charge in [0.15, 0.2) is 0 Å². The Bertz CT molecular complexity index is 672. The third-order valence-electron chi connectivity index (χ3n) is 3.61. The maximum Gasteiger partial charge on any atom is 0.274 e. The van der Waals surface area contributed by atoms with Gasteiger partial charge >= 0.3 is 0 Å². The predicted octanol–water partition coefficient (Wildman–Crippen LogP) is 2.44. The van der Waals surface area contributed by atoms with Gasteiger partial charge in [0.2, 0.25) is 0 Å². The number of fused-ring (bicyclic) bond motifs is 1. The van der Waals surface area contributed by atoms with E-state index in [1.165, 1.54) is 17.7 Å². The molecule has 0 spiro atoms. The van der Waals surface area contributed by atoms with Gasteiger partial charge in [-0.05, 0) is 30.9 Å². The highest BCUT2D eigenvalue weighted by molar-refractivity contribution is 5.46. The van der Waals surface area contributed by atoms with E-state index in [0.717, 1.165) is 25.0 Å². The van der Waals surface area contributed by atoms with Crippen LogP contribution < -0.4 is 5.73 Å². The number of nitro groups is 1. The highest BCUT2D eigenvalue weighted by Crippen LogP contribution is 2.35. The topological polar surface area (TPSA) is 94.9 Å². The first-order valence-electron chi connectivity index (χ1n) is 6.51. The van der Waals surface area contributed by atoms with Crippen LogP contribution in [0.4, 0.5) is 11.5 Å². The summed E-state index contributed by atoms with van der Waals surface area (Å²) in [5, 5.41) is 10.9. The van der Waals surface area contributed by atoms with Gasteiger partial charge in [0.25, 0.3) is 5.69 Å². The van der Waals surface area contributed by atoms with Crippen LogP contribution in [0.5, 0.6) is 0 Å². The normalized spacial score (nSPS) is 17.5. The highest BCUT2D eigenvalue weighted by Gasteiger charge is 2.25. The fraction of sp³-hybridized carbons (Fsp3) is 0.286. The summed E-state index contributed by atoms with van der Waals surface area (Å²) in [6.45, 7) is 0. The molecular weight excluding hydrogens is 256 g/mol. The van der Waals surface area contributed by atoms with E-state index in [-0.39, 0.29) is 17.4 Å². The van der Waals surface area contributed by atoms with Crippen molar-refractivity contribution in [1.82, 2.24) is 9.97 Å². The number of hydrogen-bond acceptors (Lipinski definition) is 5. The van der Waals surface area contributed by atoms with Crippen LogP contribution in [0.2, 0.25) is 0 Å². The van der Waals surface area contributed by atoms with Crippen molar-refractivity contribution in [3.05, 3.63) is 57.5 Å². The summed E-state index contributed by atoms with van der Waals surface area (Å²) >= 11 is 0. The number of nitrogens with two attached hydrogens (primary N) is 1. The van der Waals surface area contributed by atoms with E-state index < -0.39 is 4.92 Å². The zero-order valence-corrected chi connectivity index (χ0v) is 10.8. The Balaban J connectivity index is 2.08. The van der Waals surface area contributed by atoms with Gasteiger partial charge in [0.1, 0.15) is 5.82 Å². The molecule has 6 nitrogen and oxygen atoms in total. The van der Waals surface area contributed by atoms with Crippen molar-refractivity contribution in [3.8, 4) is 0 Å². The first kappa shape index (κ1) is 12.5. The first-order valence-corrected chi connectivity index (χ1v) is 6.51. The third kappa shape index (κ3) is 2.20. The zero-order chi connectivity index (χ0) is 14.1. The van der Waals surface area contributed by atoms with E-state index in [1.807, 2.05) is 6.07 Å². The lowest BCUT2D eigenvalue weighted by Crippen LogP contribution is -2.15. The molecule has 1 aliphatic rings. The highest BCUT2D eigenvalue weighted by atomic mass is 16.6. The molecule has 6 heteroatoms. The molecule has 3 rings (SSSR count). The molecule has 20 heavy (non-hydrogen) atoms. The second kappa shape index (κ2) is 4.88. The first-order chi connectivity index (χ1) is 9.65. The van der Waals surface area contributed by atoms with Crippen molar-refractivity contribution in [2.75, 3.05) is 5.73 Å². The molecule has 102 valence electrons. The maximum absolute atomic E-state index is 10.9. The maximum atomic E-state index is 10.9. The lowest BCUT2D eigenvalue weighted by molar-refractivity contribution is -0.384. The molecule has 2 heterocycles. The molecule has 0 aliphatic heterocycles. The average molecular weight is 270 g/mol. The Morgan fingerprint density at radius 2 is 2.25 bits per heavy atom. The van der Waals surface area contributed by atoms with Crippen LogP contribution in [-0.4, -0.2) is 14.9 Å². The third-order valence-corrected chi connectivity index (χ3v) is 3.61. The smallest absolute Gasteiger partial charge is 0.274 e. The molecule has 1 atom stereocenters. The van der Waals surface area contributed by atoms with Crippen molar-refractivity contribution in [2.45, 2.75) is 25.2 Å². The van der Waals surface area contributed by atoms with Gasteiger partial charge in [0, 0.05) is 18.2 Å².